The van der Waals surface area contributed by atoms with Crippen LogP contribution in [0.25, 0.3) is 12.2 Å². The summed E-state index contributed by atoms with van der Waals surface area (Å²) in [6.07, 6.45) is 11.8. The van der Waals surface area contributed by atoms with Crippen molar-refractivity contribution in [3.63, 3.8) is 0 Å². The van der Waals surface area contributed by atoms with Crippen LogP contribution in [-0.2, 0) is 20.4 Å². The summed E-state index contributed by atoms with van der Waals surface area (Å²) in [5, 5.41) is 1.79. The Kier molecular flexibility index (Phi) is 15.6. The van der Waals surface area contributed by atoms with Crippen LogP contribution in [0.2, 0.25) is 0 Å². The molecule has 0 aromatic heterocycles. The van der Waals surface area contributed by atoms with Crippen LogP contribution in [0.5, 0.6) is 0 Å². The minimum absolute atomic E-state index is 0. The Morgan fingerprint density at radius 1 is 0.459 bits per heavy atom. The fraction of sp³-hybridized carbons (Fsp3) is 0.529. The molecule has 0 fully saturated rings. The maximum atomic E-state index is 2.39. The van der Waals surface area contributed by atoms with Gasteiger partial charge in [0, 0.05) is 36.3 Å². The van der Waals surface area contributed by atoms with Crippen molar-refractivity contribution in [2.75, 3.05) is 12.3 Å². The minimum atomic E-state index is -0.432. The van der Waals surface area contributed by atoms with Gasteiger partial charge in [-0.2, -0.15) is 0 Å². The average molecular weight is 633 g/mol. The molecule has 0 saturated heterocycles. The van der Waals surface area contributed by atoms with Gasteiger partial charge in [0.05, 0.1) is 32.9 Å². The molecule has 0 spiro atoms. The average Bonchev–Trinajstić information content (AvgIpc) is 2.73. The first-order valence-electron chi connectivity index (χ1n) is 13.6. The first kappa shape index (κ1) is 36.4. The number of hydrogen-bond acceptors (Lipinski definition) is 0. The third-order valence-electron chi connectivity index (χ3n) is 6.49. The van der Waals surface area contributed by atoms with Crippen LogP contribution in [0.15, 0.2) is 72.8 Å². The van der Waals surface area contributed by atoms with Gasteiger partial charge in [-0.15, -0.1) is 0 Å². The van der Waals surface area contributed by atoms with Crippen molar-refractivity contribution in [3.05, 3.63) is 83.9 Å². The quantitative estimate of drug-likeness (QED) is 0.219. The van der Waals surface area contributed by atoms with Crippen molar-refractivity contribution in [1.29, 1.82) is 0 Å². The Labute approximate surface area is 247 Å². The van der Waals surface area contributed by atoms with E-state index in [-0.39, 0.29) is 20.4 Å². The number of benzene rings is 2. The Hall–Kier alpha value is -0.558. The summed E-state index contributed by atoms with van der Waals surface area (Å²) in [7, 11) is -0.864. The molecular formula is C34H56P2Pd+2. The molecule has 0 aliphatic heterocycles. The van der Waals surface area contributed by atoms with Crippen LogP contribution in [0.3, 0.4) is 0 Å². The first-order chi connectivity index (χ1) is 16.4. The van der Waals surface area contributed by atoms with E-state index in [1.165, 1.54) is 23.5 Å². The SMILES string of the molecule is CC(C)(C)[PH+](C/C=C/c1ccccc1)C(C)(C)C.CC(C)(C)[PH+](C/C=C/c1ccccc1)C(C)(C)C.[Pd]. The molecule has 0 bridgehead atoms. The normalized spacial score (nSPS) is 13.1. The zero-order valence-electron chi connectivity index (χ0n) is 25.8. The molecule has 2 rings (SSSR count). The molecule has 37 heavy (non-hydrogen) atoms. The summed E-state index contributed by atoms with van der Waals surface area (Å²) in [5.41, 5.74) is 2.61. The van der Waals surface area contributed by atoms with E-state index in [1.807, 2.05) is 0 Å². The molecule has 0 unspecified atom stereocenters. The van der Waals surface area contributed by atoms with Gasteiger partial charge in [0.15, 0.2) is 0 Å². The van der Waals surface area contributed by atoms with E-state index in [4.69, 9.17) is 0 Å². The van der Waals surface area contributed by atoms with Crippen LogP contribution in [-0.4, -0.2) is 32.9 Å². The first-order valence-corrected chi connectivity index (χ1v) is 17.0. The molecule has 0 atom stereocenters. The van der Waals surface area contributed by atoms with Gasteiger partial charge >= 0.3 is 0 Å². The van der Waals surface area contributed by atoms with Crippen molar-refractivity contribution in [3.8, 4) is 0 Å². The van der Waals surface area contributed by atoms with E-state index < -0.39 is 15.8 Å². The summed E-state index contributed by atoms with van der Waals surface area (Å²) in [6.45, 7) is 28.7. The minimum Gasteiger partial charge on any atom is -0.0622 e. The van der Waals surface area contributed by atoms with Gasteiger partial charge in [0.2, 0.25) is 0 Å². The Morgan fingerprint density at radius 3 is 0.919 bits per heavy atom. The predicted molar refractivity (Wildman–Crippen MR) is 176 cm³/mol. The van der Waals surface area contributed by atoms with Crippen LogP contribution >= 0.6 is 15.8 Å². The second kappa shape index (κ2) is 15.9. The van der Waals surface area contributed by atoms with Gasteiger partial charge in [-0.1, -0.05) is 72.8 Å². The van der Waals surface area contributed by atoms with Gasteiger partial charge in [0.25, 0.3) is 0 Å². The molecule has 3 heteroatoms. The predicted octanol–water partition coefficient (Wildman–Crippen LogP) is 11.0. The fourth-order valence-electron chi connectivity index (χ4n) is 5.23. The van der Waals surface area contributed by atoms with Crippen molar-refractivity contribution in [2.45, 2.75) is 104 Å². The van der Waals surface area contributed by atoms with Crippen molar-refractivity contribution >= 4 is 28.0 Å². The van der Waals surface area contributed by atoms with Crippen molar-refractivity contribution < 1.29 is 20.4 Å². The monoisotopic (exact) mass is 632 g/mol. The fourth-order valence-corrected chi connectivity index (χ4v) is 12.9. The topological polar surface area (TPSA) is 0 Å². The largest absolute Gasteiger partial charge is 0.0764 e. The van der Waals surface area contributed by atoms with E-state index in [1.54, 1.807) is 0 Å². The number of rotatable bonds is 6. The van der Waals surface area contributed by atoms with Gasteiger partial charge in [-0.05, 0) is 106 Å². The standard InChI is InChI=1S/2C17H27P.Pd/c2*1-16(2,3)18(17(4,5)6)14-10-13-15-11-8-7-9-12-15;/h2*7-13H,14H2,1-6H3;/p+2/b2*13-10+;. The van der Waals surface area contributed by atoms with Gasteiger partial charge < -0.3 is 0 Å². The Bertz CT molecular complexity index is 811. The molecule has 0 aliphatic carbocycles. The molecule has 0 heterocycles. The third-order valence-corrected chi connectivity index (χ3v) is 15.0. The molecule has 0 radical (unpaired) electrons. The molecule has 0 saturated carbocycles. The molecule has 0 N–H and O–H groups in total. The van der Waals surface area contributed by atoms with Crippen molar-refractivity contribution in [2.24, 2.45) is 0 Å². The van der Waals surface area contributed by atoms with E-state index >= 15 is 0 Å². The van der Waals surface area contributed by atoms with Gasteiger partial charge in [0.1, 0.15) is 0 Å². The molecule has 0 amide bonds. The Morgan fingerprint density at radius 2 is 0.703 bits per heavy atom. The summed E-state index contributed by atoms with van der Waals surface area (Å²) >= 11 is 0. The Balaban J connectivity index is 0.000000682. The van der Waals surface area contributed by atoms with Crippen LogP contribution < -0.4 is 0 Å². The second-order valence-corrected chi connectivity index (χ2v) is 22.7. The van der Waals surface area contributed by atoms with E-state index in [2.05, 4.69) is 168 Å². The molecule has 2 aromatic rings. The molecular weight excluding hydrogens is 577 g/mol. The van der Waals surface area contributed by atoms with E-state index in [9.17, 15) is 0 Å². The summed E-state index contributed by atoms with van der Waals surface area (Å²) in [4.78, 5) is 0. The number of allylic oxidation sites excluding steroid dienone is 2. The van der Waals surface area contributed by atoms with E-state index in [0.29, 0.717) is 20.6 Å². The zero-order chi connectivity index (χ0) is 27.6. The van der Waals surface area contributed by atoms with Crippen LogP contribution in [0, 0.1) is 0 Å². The number of hydrogen-bond donors (Lipinski definition) is 0. The summed E-state index contributed by atoms with van der Waals surface area (Å²) in [5.74, 6) is 0. The molecule has 0 aliphatic rings. The maximum absolute atomic E-state index is 2.39. The zero-order valence-corrected chi connectivity index (χ0v) is 29.4. The van der Waals surface area contributed by atoms with Gasteiger partial charge in [-0.3, -0.25) is 0 Å². The summed E-state index contributed by atoms with van der Waals surface area (Å²) < 4.78 is 0. The maximum Gasteiger partial charge on any atom is 0.0764 e. The molecule has 0 nitrogen and oxygen atoms in total. The second-order valence-electron chi connectivity index (χ2n) is 14.0. The summed E-state index contributed by atoms with van der Waals surface area (Å²) in [6, 6.07) is 21.2. The molecule has 2 aromatic carbocycles. The van der Waals surface area contributed by atoms with Crippen LogP contribution in [0.1, 0.15) is 94.2 Å². The smallest absolute Gasteiger partial charge is 0.0622 e. The van der Waals surface area contributed by atoms with Crippen LogP contribution in [0.4, 0.5) is 0 Å². The van der Waals surface area contributed by atoms with E-state index in [0.717, 1.165) is 0 Å². The van der Waals surface area contributed by atoms with Gasteiger partial charge in [-0.25, -0.2) is 0 Å². The van der Waals surface area contributed by atoms with Crippen molar-refractivity contribution in [1.82, 2.24) is 0 Å². The molecule has 210 valence electrons. The third kappa shape index (κ3) is 15.0.